The van der Waals surface area contributed by atoms with Crippen molar-refractivity contribution in [3.05, 3.63) is 69.9 Å². The van der Waals surface area contributed by atoms with Gasteiger partial charge in [0.25, 0.3) is 0 Å². The minimum absolute atomic E-state index is 0.329. The average Bonchev–Trinajstić information content (AvgIpc) is 2.86. The topological polar surface area (TPSA) is 25.2 Å². The highest BCUT2D eigenvalue weighted by Gasteiger charge is 2.20. The molecular formula is C16H12BrF2NO. The van der Waals surface area contributed by atoms with Crippen molar-refractivity contribution in [1.82, 2.24) is 5.32 Å². The van der Waals surface area contributed by atoms with Gasteiger partial charge in [0.05, 0.1) is 6.04 Å². The van der Waals surface area contributed by atoms with E-state index in [0.717, 1.165) is 4.47 Å². The van der Waals surface area contributed by atoms with Crippen LogP contribution in [0.1, 0.15) is 17.4 Å². The highest BCUT2D eigenvalue weighted by Crippen LogP contribution is 2.31. The van der Waals surface area contributed by atoms with E-state index in [1.54, 1.807) is 31.3 Å². The van der Waals surface area contributed by atoms with Crippen molar-refractivity contribution >= 4 is 26.9 Å². The molecule has 0 aliphatic carbocycles. The van der Waals surface area contributed by atoms with Gasteiger partial charge in [0.15, 0.2) is 0 Å². The lowest BCUT2D eigenvalue weighted by molar-refractivity contribution is 0.476. The molecule has 0 fully saturated rings. The second kappa shape index (κ2) is 5.58. The molecule has 3 aromatic rings. The summed E-state index contributed by atoms with van der Waals surface area (Å²) in [7, 11) is 1.72. The van der Waals surface area contributed by atoms with Crippen molar-refractivity contribution in [2.24, 2.45) is 0 Å². The Kier molecular flexibility index (Phi) is 3.78. The zero-order chi connectivity index (χ0) is 15.0. The van der Waals surface area contributed by atoms with E-state index in [0.29, 0.717) is 22.3 Å². The van der Waals surface area contributed by atoms with Gasteiger partial charge in [-0.25, -0.2) is 8.78 Å². The van der Waals surface area contributed by atoms with Crippen LogP contribution in [0.3, 0.4) is 0 Å². The molecule has 1 unspecified atom stereocenters. The van der Waals surface area contributed by atoms with E-state index in [1.807, 2.05) is 0 Å². The lowest BCUT2D eigenvalue weighted by atomic mass is 10.0. The minimum Gasteiger partial charge on any atom is -0.459 e. The van der Waals surface area contributed by atoms with Crippen molar-refractivity contribution in [2.75, 3.05) is 7.05 Å². The van der Waals surface area contributed by atoms with Crippen molar-refractivity contribution in [3.63, 3.8) is 0 Å². The molecule has 0 spiro atoms. The van der Waals surface area contributed by atoms with E-state index in [-0.39, 0.29) is 11.6 Å². The third-order valence-electron chi connectivity index (χ3n) is 3.34. The maximum Gasteiger partial charge on any atom is 0.134 e. The Labute approximate surface area is 128 Å². The predicted molar refractivity (Wildman–Crippen MR) is 81.2 cm³/mol. The summed E-state index contributed by atoms with van der Waals surface area (Å²) < 4.78 is 33.8. The second-order valence-electron chi connectivity index (χ2n) is 4.72. The van der Waals surface area contributed by atoms with Crippen molar-refractivity contribution in [3.8, 4) is 0 Å². The van der Waals surface area contributed by atoms with E-state index in [1.165, 1.54) is 18.2 Å². The maximum atomic E-state index is 14.0. The zero-order valence-electron chi connectivity index (χ0n) is 11.2. The molecule has 0 amide bonds. The largest absolute Gasteiger partial charge is 0.459 e. The van der Waals surface area contributed by atoms with Gasteiger partial charge in [0.2, 0.25) is 0 Å². The molecule has 108 valence electrons. The molecule has 0 saturated heterocycles. The minimum atomic E-state index is -0.446. The third-order valence-corrected chi connectivity index (χ3v) is 3.83. The molecule has 0 aliphatic rings. The van der Waals surface area contributed by atoms with E-state index in [9.17, 15) is 8.78 Å². The van der Waals surface area contributed by atoms with Crippen LogP contribution in [0.2, 0.25) is 0 Å². The Morgan fingerprint density at radius 2 is 1.90 bits per heavy atom. The van der Waals surface area contributed by atoms with Gasteiger partial charge < -0.3 is 9.73 Å². The molecule has 0 radical (unpaired) electrons. The lowest BCUT2D eigenvalue weighted by Crippen LogP contribution is -2.18. The van der Waals surface area contributed by atoms with Gasteiger partial charge in [-0.2, -0.15) is 0 Å². The lowest BCUT2D eigenvalue weighted by Gasteiger charge is -2.15. The summed E-state index contributed by atoms with van der Waals surface area (Å²) in [6.45, 7) is 0. The van der Waals surface area contributed by atoms with E-state index in [2.05, 4.69) is 21.2 Å². The van der Waals surface area contributed by atoms with Crippen LogP contribution in [0.4, 0.5) is 8.78 Å². The van der Waals surface area contributed by atoms with E-state index >= 15 is 0 Å². The summed E-state index contributed by atoms with van der Waals surface area (Å²) in [5, 5.41) is 3.68. The van der Waals surface area contributed by atoms with Crippen molar-refractivity contribution in [1.29, 1.82) is 0 Å². The first kappa shape index (κ1) is 14.2. The number of rotatable bonds is 3. The molecule has 0 saturated carbocycles. The molecule has 0 bridgehead atoms. The number of nitrogens with one attached hydrogen (secondary N) is 1. The summed E-state index contributed by atoms with van der Waals surface area (Å²) in [4.78, 5) is 0. The maximum absolute atomic E-state index is 14.0. The molecule has 1 N–H and O–H groups in total. The van der Waals surface area contributed by atoms with Crippen LogP contribution in [0.5, 0.6) is 0 Å². The highest BCUT2D eigenvalue weighted by molar-refractivity contribution is 9.10. The van der Waals surface area contributed by atoms with Crippen LogP contribution >= 0.6 is 15.9 Å². The Morgan fingerprint density at radius 1 is 1.10 bits per heavy atom. The first-order valence-electron chi connectivity index (χ1n) is 6.39. The van der Waals surface area contributed by atoms with Gasteiger partial charge in [-0.15, -0.1) is 0 Å². The fourth-order valence-electron chi connectivity index (χ4n) is 2.36. The van der Waals surface area contributed by atoms with Crippen LogP contribution in [0.25, 0.3) is 11.0 Å². The summed E-state index contributed by atoms with van der Waals surface area (Å²) in [5.41, 5.74) is 1.04. The van der Waals surface area contributed by atoms with Crippen LogP contribution in [0.15, 0.2) is 51.4 Å². The fraction of sp³-hybridized carbons (Fsp3) is 0.125. The number of fused-ring (bicyclic) bond motifs is 1. The van der Waals surface area contributed by atoms with Gasteiger partial charge in [0.1, 0.15) is 23.0 Å². The molecule has 1 aromatic heterocycles. The van der Waals surface area contributed by atoms with Gasteiger partial charge >= 0.3 is 0 Å². The molecule has 2 aromatic carbocycles. The summed E-state index contributed by atoms with van der Waals surface area (Å²) in [5.74, 6) is -0.121. The normalized spacial score (nSPS) is 12.8. The van der Waals surface area contributed by atoms with Gasteiger partial charge in [-0.1, -0.05) is 15.9 Å². The Balaban J connectivity index is 2.11. The van der Waals surface area contributed by atoms with Gasteiger partial charge in [-0.3, -0.25) is 0 Å². The zero-order valence-corrected chi connectivity index (χ0v) is 12.7. The first-order valence-corrected chi connectivity index (χ1v) is 7.19. The SMILES string of the molecule is CNC(c1cc2cc(F)ccc2o1)c1cc(Br)ccc1F. The summed E-state index contributed by atoms with van der Waals surface area (Å²) in [6.07, 6.45) is 0. The van der Waals surface area contributed by atoms with E-state index < -0.39 is 6.04 Å². The van der Waals surface area contributed by atoms with Gasteiger partial charge in [0, 0.05) is 15.4 Å². The number of furan rings is 1. The molecular weight excluding hydrogens is 340 g/mol. The number of hydrogen-bond acceptors (Lipinski definition) is 2. The quantitative estimate of drug-likeness (QED) is 0.734. The second-order valence-corrected chi connectivity index (χ2v) is 5.63. The van der Waals surface area contributed by atoms with Crippen LogP contribution in [0, 0.1) is 11.6 Å². The predicted octanol–water partition coefficient (Wildman–Crippen LogP) is 4.78. The molecule has 21 heavy (non-hydrogen) atoms. The highest BCUT2D eigenvalue weighted by atomic mass is 79.9. The standard InChI is InChI=1S/C16H12BrF2NO/c1-20-16(12-8-10(17)2-4-13(12)19)15-7-9-6-11(18)3-5-14(9)21-15/h2-8,16,20H,1H3. The van der Waals surface area contributed by atoms with Crippen LogP contribution in [-0.4, -0.2) is 7.05 Å². The Hall–Kier alpha value is -1.72. The van der Waals surface area contributed by atoms with Crippen molar-refractivity contribution in [2.45, 2.75) is 6.04 Å². The van der Waals surface area contributed by atoms with Crippen LogP contribution < -0.4 is 5.32 Å². The number of benzene rings is 2. The summed E-state index contributed by atoms with van der Waals surface area (Å²) in [6, 6.07) is 10.3. The average molecular weight is 352 g/mol. The first-order chi connectivity index (χ1) is 10.1. The van der Waals surface area contributed by atoms with Crippen LogP contribution in [-0.2, 0) is 0 Å². The summed E-state index contributed by atoms with van der Waals surface area (Å²) >= 11 is 3.34. The molecule has 3 rings (SSSR count). The molecule has 1 heterocycles. The number of hydrogen-bond donors (Lipinski definition) is 1. The molecule has 1 atom stereocenters. The van der Waals surface area contributed by atoms with Gasteiger partial charge in [-0.05, 0) is 49.5 Å². The smallest absolute Gasteiger partial charge is 0.134 e. The molecule has 0 aliphatic heterocycles. The molecule has 2 nitrogen and oxygen atoms in total. The number of halogens is 3. The molecule has 5 heteroatoms. The monoisotopic (exact) mass is 351 g/mol. The Morgan fingerprint density at radius 3 is 2.67 bits per heavy atom. The fourth-order valence-corrected chi connectivity index (χ4v) is 2.74. The van der Waals surface area contributed by atoms with Crippen molar-refractivity contribution < 1.29 is 13.2 Å². The Bertz CT molecular complexity index is 800. The third kappa shape index (κ3) is 2.71. The van der Waals surface area contributed by atoms with E-state index in [4.69, 9.17) is 4.42 Å².